The van der Waals surface area contributed by atoms with Crippen molar-refractivity contribution in [3.63, 3.8) is 0 Å². The van der Waals surface area contributed by atoms with Crippen LogP contribution < -0.4 is 14.8 Å². The number of methoxy groups -OCH3 is 2. The molecule has 4 rings (SSSR count). The molecule has 3 aliphatic heterocycles. The SMILES string of the molecule is COc1ccc(OC)c(S(=O)(=O)N2CCC(N3CC(=O)NCC34CCOC4)CC2)c1. The quantitative estimate of drug-likeness (QED) is 0.711. The predicted octanol–water partition coefficient (Wildman–Crippen LogP) is 0.448. The summed E-state index contributed by atoms with van der Waals surface area (Å²) in [6, 6.07) is 4.93. The summed E-state index contributed by atoms with van der Waals surface area (Å²) in [4.78, 5) is 14.4. The number of carbonyl (C=O) groups is 1. The Bertz CT molecular complexity index is 892. The Morgan fingerprint density at radius 2 is 1.97 bits per heavy atom. The van der Waals surface area contributed by atoms with Gasteiger partial charge in [-0.2, -0.15) is 4.31 Å². The molecular weight excluding hydrogens is 410 g/mol. The molecule has 3 fully saturated rings. The van der Waals surface area contributed by atoms with Crippen molar-refractivity contribution >= 4 is 15.9 Å². The molecule has 1 N–H and O–H groups in total. The molecule has 0 bridgehead atoms. The van der Waals surface area contributed by atoms with Crippen LogP contribution in [0, 0.1) is 0 Å². The Hall–Kier alpha value is -1.88. The summed E-state index contributed by atoms with van der Waals surface area (Å²) >= 11 is 0. The average Bonchev–Trinajstić information content (AvgIpc) is 3.24. The highest BCUT2D eigenvalue weighted by atomic mass is 32.2. The first-order valence-electron chi connectivity index (χ1n) is 10.2. The Morgan fingerprint density at radius 1 is 1.20 bits per heavy atom. The molecule has 0 saturated carbocycles. The minimum absolute atomic E-state index is 0.0173. The summed E-state index contributed by atoms with van der Waals surface area (Å²) < 4.78 is 44.3. The van der Waals surface area contributed by atoms with Crippen LogP contribution in [0.2, 0.25) is 0 Å². The number of hydrogen-bond donors (Lipinski definition) is 1. The van der Waals surface area contributed by atoms with Crippen LogP contribution in [0.25, 0.3) is 0 Å². The first kappa shape index (κ1) is 21.4. The molecular formula is C20H29N3O6S. The topological polar surface area (TPSA) is 97.4 Å². The van der Waals surface area contributed by atoms with Crippen LogP contribution in [0.5, 0.6) is 11.5 Å². The van der Waals surface area contributed by atoms with Crippen molar-refractivity contribution in [3.8, 4) is 11.5 Å². The Morgan fingerprint density at radius 3 is 2.60 bits per heavy atom. The van der Waals surface area contributed by atoms with Crippen LogP contribution in [0.15, 0.2) is 23.1 Å². The molecule has 0 aliphatic carbocycles. The van der Waals surface area contributed by atoms with E-state index in [1.165, 1.54) is 24.6 Å². The van der Waals surface area contributed by atoms with E-state index >= 15 is 0 Å². The van der Waals surface area contributed by atoms with Crippen LogP contribution in [0.3, 0.4) is 0 Å². The summed E-state index contributed by atoms with van der Waals surface area (Å²) in [6.45, 7) is 3.00. The van der Waals surface area contributed by atoms with Gasteiger partial charge in [0.05, 0.1) is 32.9 Å². The zero-order valence-corrected chi connectivity index (χ0v) is 18.2. The normalized spacial score (nSPS) is 26.7. The van der Waals surface area contributed by atoms with E-state index in [1.807, 2.05) is 0 Å². The van der Waals surface area contributed by atoms with Gasteiger partial charge in [0.25, 0.3) is 0 Å². The highest BCUT2D eigenvalue weighted by Gasteiger charge is 2.48. The molecule has 1 unspecified atom stereocenters. The van der Waals surface area contributed by atoms with Crippen molar-refractivity contribution in [2.24, 2.45) is 0 Å². The van der Waals surface area contributed by atoms with Crippen LogP contribution in [-0.4, -0.2) is 88.7 Å². The van der Waals surface area contributed by atoms with Gasteiger partial charge in [0.1, 0.15) is 16.4 Å². The second-order valence-electron chi connectivity index (χ2n) is 8.08. The zero-order chi connectivity index (χ0) is 21.4. The molecule has 3 heterocycles. The maximum absolute atomic E-state index is 13.3. The Balaban J connectivity index is 1.51. The summed E-state index contributed by atoms with van der Waals surface area (Å²) in [7, 11) is -0.767. The van der Waals surface area contributed by atoms with Gasteiger partial charge in [0, 0.05) is 38.3 Å². The summed E-state index contributed by atoms with van der Waals surface area (Å²) in [6.07, 6.45) is 2.22. The van der Waals surface area contributed by atoms with Crippen molar-refractivity contribution in [1.29, 1.82) is 0 Å². The number of piperazine rings is 1. The van der Waals surface area contributed by atoms with Crippen molar-refractivity contribution in [2.75, 3.05) is 53.6 Å². The molecule has 10 heteroatoms. The number of carbonyl (C=O) groups excluding carboxylic acids is 1. The van der Waals surface area contributed by atoms with Crippen LogP contribution in [0.1, 0.15) is 19.3 Å². The smallest absolute Gasteiger partial charge is 0.246 e. The number of sulfonamides is 1. The fourth-order valence-corrected chi connectivity index (χ4v) is 6.38. The van der Waals surface area contributed by atoms with Gasteiger partial charge in [-0.25, -0.2) is 8.42 Å². The van der Waals surface area contributed by atoms with E-state index < -0.39 is 10.0 Å². The number of benzene rings is 1. The predicted molar refractivity (Wildman–Crippen MR) is 109 cm³/mol. The van der Waals surface area contributed by atoms with Gasteiger partial charge < -0.3 is 19.5 Å². The van der Waals surface area contributed by atoms with E-state index in [-0.39, 0.29) is 22.4 Å². The lowest BCUT2D eigenvalue weighted by Gasteiger charge is -2.49. The van der Waals surface area contributed by atoms with E-state index in [0.29, 0.717) is 63.7 Å². The lowest BCUT2D eigenvalue weighted by Crippen LogP contribution is -2.67. The number of ether oxygens (including phenoxy) is 3. The second kappa shape index (κ2) is 8.33. The largest absolute Gasteiger partial charge is 0.497 e. The molecule has 1 atom stereocenters. The molecule has 30 heavy (non-hydrogen) atoms. The molecule has 3 aliphatic rings. The number of hydrogen-bond acceptors (Lipinski definition) is 7. The Labute approximate surface area is 177 Å². The van der Waals surface area contributed by atoms with Gasteiger partial charge in [-0.05, 0) is 31.4 Å². The van der Waals surface area contributed by atoms with Gasteiger partial charge in [-0.15, -0.1) is 0 Å². The highest BCUT2D eigenvalue weighted by molar-refractivity contribution is 7.89. The third kappa shape index (κ3) is 3.77. The standard InChI is InChI=1S/C20H29N3O6S/c1-27-16-3-4-17(28-2)18(11-16)30(25,26)22-8-5-15(6-9-22)23-12-19(24)21-13-20(23)7-10-29-14-20/h3-4,11,15H,5-10,12-14H2,1-2H3,(H,21,24). The minimum atomic E-state index is -3.72. The molecule has 3 saturated heterocycles. The molecule has 1 aromatic carbocycles. The molecule has 9 nitrogen and oxygen atoms in total. The van der Waals surface area contributed by atoms with Crippen molar-refractivity contribution in [3.05, 3.63) is 18.2 Å². The lowest BCUT2D eigenvalue weighted by atomic mass is 9.89. The maximum Gasteiger partial charge on any atom is 0.246 e. The monoisotopic (exact) mass is 439 g/mol. The second-order valence-corrected chi connectivity index (χ2v) is 9.99. The molecule has 0 aromatic heterocycles. The summed E-state index contributed by atoms with van der Waals surface area (Å²) in [5, 5.41) is 2.97. The number of rotatable bonds is 5. The molecule has 1 aromatic rings. The van der Waals surface area contributed by atoms with Gasteiger partial charge in [0.2, 0.25) is 15.9 Å². The lowest BCUT2D eigenvalue weighted by molar-refractivity contribution is -0.131. The van der Waals surface area contributed by atoms with Crippen LogP contribution in [-0.2, 0) is 19.6 Å². The Kier molecular flexibility index (Phi) is 5.93. The number of nitrogens with zero attached hydrogens (tertiary/aromatic N) is 2. The fraction of sp³-hybridized carbons (Fsp3) is 0.650. The fourth-order valence-electron chi connectivity index (χ4n) is 4.74. The van der Waals surface area contributed by atoms with Crippen molar-refractivity contribution in [2.45, 2.75) is 35.7 Å². The summed E-state index contributed by atoms with van der Waals surface area (Å²) in [5.41, 5.74) is -0.171. The highest BCUT2D eigenvalue weighted by Crippen LogP contribution is 2.35. The van der Waals surface area contributed by atoms with Gasteiger partial charge in [-0.1, -0.05) is 0 Å². The van der Waals surface area contributed by atoms with E-state index in [4.69, 9.17) is 14.2 Å². The van der Waals surface area contributed by atoms with Crippen LogP contribution in [0.4, 0.5) is 0 Å². The van der Waals surface area contributed by atoms with E-state index in [9.17, 15) is 13.2 Å². The third-order valence-corrected chi connectivity index (χ3v) is 8.39. The zero-order valence-electron chi connectivity index (χ0n) is 17.4. The van der Waals surface area contributed by atoms with Crippen LogP contribution >= 0.6 is 0 Å². The molecule has 166 valence electrons. The number of piperidine rings is 1. The van der Waals surface area contributed by atoms with Crippen molar-refractivity contribution in [1.82, 2.24) is 14.5 Å². The average molecular weight is 440 g/mol. The minimum Gasteiger partial charge on any atom is -0.497 e. The number of nitrogens with one attached hydrogen (secondary N) is 1. The van der Waals surface area contributed by atoms with Gasteiger partial charge >= 0.3 is 0 Å². The summed E-state index contributed by atoms with van der Waals surface area (Å²) in [5.74, 6) is 0.781. The van der Waals surface area contributed by atoms with E-state index in [2.05, 4.69) is 10.2 Å². The first-order valence-corrected chi connectivity index (χ1v) is 11.7. The first-order chi connectivity index (χ1) is 14.4. The maximum atomic E-state index is 13.3. The van der Waals surface area contributed by atoms with E-state index in [0.717, 1.165) is 6.42 Å². The molecule has 0 radical (unpaired) electrons. The third-order valence-electron chi connectivity index (χ3n) is 6.47. The van der Waals surface area contributed by atoms with E-state index in [1.54, 1.807) is 12.1 Å². The van der Waals surface area contributed by atoms with Crippen molar-refractivity contribution < 1.29 is 27.4 Å². The number of amides is 1. The molecule has 1 spiro atoms. The molecule has 1 amide bonds. The van der Waals surface area contributed by atoms with Gasteiger partial charge in [-0.3, -0.25) is 9.69 Å². The van der Waals surface area contributed by atoms with Gasteiger partial charge in [0.15, 0.2) is 0 Å².